The molecule has 2 aromatic rings. The van der Waals surface area contributed by atoms with E-state index in [2.05, 4.69) is 19.1 Å². The van der Waals surface area contributed by atoms with Gasteiger partial charge in [0.25, 0.3) is 0 Å². The molecule has 2 rings (SSSR count). The van der Waals surface area contributed by atoms with Crippen LogP contribution in [0, 0.1) is 5.92 Å². The Morgan fingerprint density at radius 1 is 0.955 bits per heavy atom. The summed E-state index contributed by atoms with van der Waals surface area (Å²) >= 11 is 0. The van der Waals surface area contributed by atoms with E-state index in [9.17, 15) is 4.79 Å². The van der Waals surface area contributed by atoms with Crippen molar-refractivity contribution in [1.82, 2.24) is 0 Å². The van der Waals surface area contributed by atoms with Gasteiger partial charge in [-0.2, -0.15) is 0 Å². The van der Waals surface area contributed by atoms with Crippen molar-refractivity contribution in [2.75, 3.05) is 0 Å². The number of esters is 1. The van der Waals surface area contributed by atoms with Gasteiger partial charge in [0.05, 0.1) is 5.92 Å². The minimum atomic E-state index is -0.108. The molecule has 2 aromatic carbocycles. The Kier molecular flexibility index (Phi) is 6.20. The van der Waals surface area contributed by atoms with Gasteiger partial charge in [-0.1, -0.05) is 69.2 Å². The molecule has 116 valence electrons. The van der Waals surface area contributed by atoms with Crippen molar-refractivity contribution in [3.05, 3.63) is 54.6 Å². The van der Waals surface area contributed by atoms with Crippen molar-refractivity contribution in [3.8, 4) is 16.9 Å². The number of benzene rings is 2. The normalized spacial score (nSPS) is 11.9. The Morgan fingerprint density at radius 3 is 2.18 bits per heavy atom. The average molecular weight is 296 g/mol. The van der Waals surface area contributed by atoms with Crippen molar-refractivity contribution >= 4 is 5.97 Å². The number of carbonyl (C=O) groups excluding carboxylic acids is 1. The van der Waals surface area contributed by atoms with Crippen molar-refractivity contribution in [2.24, 2.45) is 5.92 Å². The zero-order valence-corrected chi connectivity index (χ0v) is 13.4. The van der Waals surface area contributed by atoms with E-state index in [0.29, 0.717) is 5.75 Å². The highest BCUT2D eigenvalue weighted by molar-refractivity contribution is 5.75. The van der Waals surface area contributed by atoms with E-state index in [1.54, 1.807) is 0 Å². The molecule has 0 radical (unpaired) electrons. The van der Waals surface area contributed by atoms with E-state index in [1.165, 1.54) is 0 Å². The van der Waals surface area contributed by atoms with Gasteiger partial charge >= 0.3 is 5.97 Å². The second-order valence-corrected chi connectivity index (χ2v) is 5.56. The lowest BCUT2D eigenvalue weighted by Crippen LogP contribution is -2.19. The Labute approximate surface area is 133 Å². The van der Waals surface area contributed by atoms with Crippen LogP contribution in [0.1, 0.15) is 39.5 Å². The van der Waals surface area contributed by atoms with Crippen LogP contribution in [0.15, 0.2) is 54.6 Å². The van der Waals surface area contributed by atoms with Crippen LogP contribution in [0.4, 0.5) is 0 Å². The van der Waals surface area contributed by atoms with Crippen LogP contribution < -0.4 is 4.74 Å². The number of rotatable bonds is 7. The van der Waals surface area contributed by atoms with Crippen LogP contribution in [-0.4, -0.2) is 5.97 Å². The first-order valence-corrected chi connectivity index (χ1v) is 8.11. The van der Waals surface area contributed by atoms with Crippen molar-refractivity contribution < 1.29 is 9.53 Å². The third-order valence-electron chi connectivity index (χ3n) is 3.91. The molecule has 22 heavy (non-hydrogen) atoms. The van der Waals surface area contributed by atoms with Crippen LogP contribution in [0.2, 0.25) is 0 Å². The molecule has 0 aliphatic heterocycles. The third-order valence-corrected chi connectivity index (χ3v) is 3.91. The molecule has 0 amide bonds. The summed E-state index contributed by atoms with van der Waals surface area (Å²) in [6, 6.07) is 17.9. The third kappa shape index (κ3) is 4.45. The van der Waals surface area contributed by atoms with Gasteiger partial charge in [0.2, 0.25) is 0 Å². The van der Waals surface area contributed by atoms with Gasteiger partial charge in [0.15, 0.2) is 0 Å². The van der Waals surface area contributed by atoms with Crippen LogP contribution >= 0.6 is 0 Å². The van der Waals surface area contributed by atoms with Crippen molar-refractivity contribution in [2.45, 2.75) is 39.5 Å². The zero-order chi connectivity index (χ0) is 15.8. The maximum absolute atomic E-state index is 12.2. The van der Waals surface area contributed by atoms with Gasteiger partial charge in [0, 0.05) is 0 Å². The smallest absolute Gasteiger partial charge is 0.314 e. The summed E-state index contributed by atoms with van der Waals surface area (Å²) in [5, 5.41) is 0. The van der Waals surface area contributed by atoms with Crippen LogP contribution in [0.25, 0.3) is 11.1 Å². The van der Waals surface area contributed by atoms with E-state index in [4.69, 9.17) is 4.74 Å². The maximum Gasteiger partial charge on any atom is 0.314 e. The highest BCUT2D eigenvalue weighted by Crippen LogP contribution is 2.23. The molecule has 0 aliphatic rings. The Hall–Kier alpha value is -2.09. The first-order valence-electron chi connectivity index (χ1n) is 8.11. The second kappa shape index (κ2) is 8.38. The Morgan fingerprint density at radius 2 is 1.59 bits per heavy atom. The quantitative estimate of drug-likeness (QED) is 0.500. The molecule has 1 atom stereocenters. The fraction of sp³-hybridized carbons (Fsp3) is 0.350. The second-order valence-electron chi connectivity index (χ2n) is 5.56. The standard InChI is InChI=1S/C20H24O2/c1-3-5-9-16(4-2)20(21)22-19-14-12-18(13-15-19)17-10-7-6-8-11-17/h6-8,10-16H,3-5,9H2,1-2H3. The van der Waals surface area contributed by atoms with Crippen LogP contribution in [0.3, 0.4) is 0 Å². The number of carbonyl (C=O) groups is 1. The number of hydrogen-bond donors (Lipinski definition) is 0. The molecule has 0 spiro atoms. The van der Waals surface area contributed by atoms with Crippen molar-refractivity contribution in [3.63, 3.8) is 0 Å². The zero-order valence-electron chi connectivity index (χ0n) is 13.4. The minimum Gasteiger partial charge on any atom is -0.426 e. The molecule has 0 saturated heterocycles. The molecule has 0 bridgehead atoms. The molecule has 0 saturated carbocycles. The van der Waals surface area contributed by atoms with Crippen LogP contribution in [0.5, 0.6) is 5.75 Å². The SMILES string of the molecule is CCCCC(CC)C(=O)Oc1ccc(-c2ccccc2)cc1. The van der Waals surface area contributed by atoms with E-state index in [-0.39, 0.29) is 11.9 Å². The summed E-state index contributed by atoms with van der Waals surface area (Å²) in [5.74, 6) is 0.525. The predicted molar refractivity (Wildman–Crippen MR) is 90.8 cm³/mol. The molecule has 0 N–H and O–H groups in total. The van der Waals surface area contributed by atoms with Gasteiger partial charge in [0.1, 0.15) is 5.75 Å². The van der Waals surface area contributed by atoms with Gasteiger partial charge in [-0.25, -0.2) is 0 Å². The fourth-order valence-electron chi connectivity index (χ4n) is 2.48. The van der Waals surface area contributed by atoms with E-state index in [0.717, 1.165) is 36.8 Å². The molecule has 0 fully saturated rings. The summed E-state index contributed by atoms with van der Waals surface area (Å²) in [4.78, 5) is 12.2. The van der Waals surface area contributed by atoms with E-state index in [1.807, 2.05) is 49.4 Å². The van der Waals surface area contributed by atoms with Crippen LogP contribution in [-0.2, 0) is 4.79 Å². The lowest BCUT2D eigenvalue weighted by atomic mass is 10.00. The monoisotopic (exact) mass is 296 g/mol. The summed E-state index contributed by atoms with van der Waals surface area (Å²) in [6.07, 6.45) is 3.92. The Bertz CT molecular complexity index is 572. The first-order chi connectivity index (χ1) is 10.7. The molecule has 2 heteroatoms. The number of unbranched alkanes of at least 4 members (excludes halogenated alkanes) is 1. The maximum atomic E-state index is 12.2. The molecule has 0 heterocycles. The fourth-order valence-corrected chi connectivity index (χ4v) is 2.48. The molecular formula is C20H24O2. The summed E-state index contributed by atoms with van der Waals surface area (Å²) in [6.45, 7) is 4.18. The van der Waals surface area contributed by atoms with Gasteiger partial charge in [-0.3, -0.25) is 4.79 Å². The van der Waals surface area contributed by atoms with Crippen molar-refractivity contribution in [1.29, 1.82) is 0 Å². The highest BCUT2D eigenvalue weighted by atomic mass is 16.5. The lowest BCUT2D eigenvalue weighted by Gasteiger charge is -2.13. The molecule has 0 aromatic heterocycles. The van der Waals surface area contributed by atoms with Gasteiger partial charge in [-0.05, 0) is 36.1 Å². The number of ether oxygens (including phenoxy) is 1. The Balaban J connectivity index is 2.00. The predicted octanol–water partition coefficient (Wildman–Crippen LogP) is 5.48. The molecular weight excluding hydrogens is 272 g/mol. The average Bonchev–Trinajstić information content (AvgIpc) is 2.57. The summed E-state index contributed by atoms with van der Waals surface area (Å²) in [5.41, 5.74) is 2.29. The minimum absolute atomic E-state index is 0.00810. The van der Waals surface area contributed by atoms with Gasteiger partial charge < -0.3 is 4.74 Å². The summed E-state index contributed by atoms with van der Waals surface area (Å²) in [7, 11) is 0. The lowest BCUT2D eigenvalue weighted by molar-refractivity contribution is -0.139. The topological polar surface area (TPSA) is 26.3 Å². The highest BCUT2D eigenvalue weighted by Gasteiger charge is 2.18. The first kappa shape index (κ1) is 16.3. The molecule has 2 nitrogen and oxygen atoms in total. The molecule has 0 aliphatic carbocycles. The van der Waals surface area contributed by atoms with E-state index < -0.39 is 0 Å². The van der Waals surface area contributed by atoms with Gasteiger partial charge in [-0.15, -0.1) is 0 Å². The number of hydrogen-bond acceptors (Lipinski definition) is 2. The van der Waals surface area contributed by atoms with E-state index >= 15 is 0 Å². The largest absolute Gasteiger partial charge is 0.426 e. The summed E-state index contributed by atoms with van der Waals surface area (Å²) < 4.78 is 5.52. The molecule has 1 unspecified atom stereocenters.